The number of halogens is 1. The first-order chi connectivity index (χ1) is 12.9. The number of hydrogen-bond acceptors (Lipinski definition) is 5. The van der Waals surface area contributed by atoms with E-state index >= 15 is 0 Å². The van der Waals surface area contributed by atoms with E-state index in [4.69, 9.17) is 16.3 Å². The Bertz CT molecular complexity index is 903. The molecule has 2 amide bonds. The van der Waals surface area contributed by atoms with Gasteiger partial charge in [-0.15, -0.1) is 5.10 Å². The van der Waals surface area contributed by atoms with Crippen molar-refractivity contribution < 1.29 is 14.3 Å². The van der Waals surface area contributed by atoms with Crippen LogP contribution in [0.3, 0.4) is 0 Å². The summed E-state index contributed by atoms with van der Waals surface area (Å²) in [5.41, 5.74) is 1.73. The predicted molar refractivity (Wildman–Crippen MR) is 106 cm³/mol. The second-order valence-electron chi connectivity index (χ2n) is 5.87. The topological polar surface area (TPSA) is 71.0 Å². The summed E-state index contributed by atoms with van der Waals surface area (Å²) in [7, 11) is 0. The van der Waals surface area contributed by atoms with Crippen molar-refractivity contribution in [1.82, 2.24) is 10.3 Å². The molecule has 2 aromatic rings. The smallest absolute Gasteiger partial charge is 0.241 e. The second-order valence-corrected chi connectivity index (χ2v) is 7.35. The van der Waals surface area contributed by atoms with E-state index in [-0.39, 0.29) is 17.2 Å². The zero-order chi connectivity index (χ0) is 19.4. The number of benzene rings is 2. The van der Waals surface area contributed by atoms with E-state index in [0.717, 1.165) is 11.1 Å². The minimum Gasteiger partial charge on any atom is -0.489 e. The highest BCUT2D eigenvalue weighted by atomic mass is 35.5. The molecule has 1 aliphatic rings. The predicted octanol–water partition coefficient (Wildman–Crippen LogP) is 3.92. The molecule has 8 heteroatoms. The van der Waals surface area contributed by atoms with Gasteiger partial charge in [-0.05, 0) is 23.8 Å². The molecule has 27 heavy (non-hydrogen) atoms. The van der Waals surface area contributed by atoms with Crippen LogP contribution in [0.15, 0.2) is 53.6 Å². The van der Waals surface area contributed by atoms with E-state index < -0.39 is 0 Å². The summed E-state index contributed by atoms with van der Waals surface area (Å²) in [6.07, 6.45) is 0. The Balaban J connectivity index is 1.75. The van der Waals surface area contributed by atoms with Crippen molar-refractivity contribution in [2.45, 2.75) is 25.8 Å². The van der Waals surface area contributed by atoms with Gasteiger partial charge in [-0.25, -0.2) is 5.01 Å². The molecular formula is C19H18ClN3O3S. The van der Waals surface area contributed by atoms with Crippen molar-refractivity contribution in [3.8, 4) is 5.75 Å². The molecule has 3 rings (SSSR count). The van der Waals surface area contributed by atoms with Crippen LogP contribution in [0.1, 0.15) is 30.3 Å². The Hall–Kier alpha value is -2.51. The summed E-state index contributed by atoms with van der Waals surface area (Å²) in [4.78, 5) is 23.2. The van der Waals surface area contributed by atoms with Crippen LogP contribution in [0, 0.1) is 0 Å². The highest BCUT2D eigenvalue weighted by Crippen LogP contribution is 2.39. The third kappa shape index (κ3) is 4.81. The maximum absolute atomic E-state index is 11.9. The van der Waals surface area contributed by atoms with Crippen LogP contribution in [-0.2, 0) is 16.2 Å². The number of carbonyl (C=O) groups is 2. The lowest BCUT2D eigenvalue weighted by Crippen LogP contribution is -2.25. The quantitative estimate of drug-likeness (QED) is 0.839. The minimum atomic E-state index is -0.367. The number of hydrogen-bond donors (Lipinski definition) is 1. The Morgan fingerprint density at radius 1 is 1.22 bits per heavy atom. The fourth-order valence-corrected chi connectivity index (χ4v) is 3.83. The molecule has 0 fully saturated rings. The molecule has 0 saturated heterocycles. The summed E-state index contributed by atoms with van der Waals surface area (Å²) < 4.78 is 5.86. The van der Waals surface area contributed by atoms with E-state index in [1.807, 2.05) is 48.5 Å². The maximum Gasteiger partial charge on any atom is 0.241 e. The molecule has 0 aromatic heterocycles. The fraction of sp³-hybridized carbons (Fsp3) is 0.211. The lowest BCUT2D eigenvalue weighted by atomic mass is 10.2. The number of carbonyl (C=O) groups excluding carboxylic acids is 2. The van der Waals surface area contributed by atoms with Crippen molar-refractivity contribution in [2.75, 3.05) is 0 Å². The van der Waals surface area contributed by atoms with Gasteiger partial charge in [0.05, 0.1) is 0 Å². The molecule has 6 nitrogen and oxygen atoms in total. The molecule has 1 aliphatic heterocycles. The van der Waals surface area contributed by atoms with Crippen molar-refractivity contribution >= 4 is 40.3 Å². The average molecular weight is 404 g/mol. The summed E-state index contributed by atoms with van der Waals surface area (Å²) in [5, 5.41) is 8.85. The summed E-state index contributed by atoms with van der Waals surface area (Å²) >= 11 is 7.46. The molecule has 0 radical (unpaired) electrons. The lowest BCUT2D eigenvalue weighted by molar-refractivity contribution is -0.129. The Morgan fingerprint density at radius 3 is 2.70 bits per heavy atom. The van der Waals surface area contributed by atoms with E-state index in [1.54, 1.807) is 0 Å². The molecule has 0 bridgehead atoms. The monoisotopic (exact) mass is 403 g/mol. The molecule has 1 N–H and O–H groups in total. The van der Waals surface area contributed by atoms with E-state index in [2.05, 4.69) is 10.4 Å². The van der Waals surface area contributed by atoms with Gasteiger partial charge in [-0.2, -0.15) is 0 Å². The lowest BCUT2D eigenvalue weighted by Gasteiger charge is -2.20. The highest BCUT2D eigenvalue weighted by Gasteiger charge is 2.32. The number of amidine groups is 1. The molecule has 0 spiro atoms. The van der Waals surface area contributed by atoms with Gasteiger partial charge in [-0.3, -0.25) is 9.59 Å². The molecule has 1 unspecified atom stereocenters. The van der Waals surface area contributed by atoms with Crippen molar-refractivity contribution in [1.29, 1.82) is 0 Å². The van der Waals surface area contributed by atoms with Gasteiger partial charge < -0.3 is 10.1 Å². The van der Waals surface area contributed by atoms with Crippen LogP contribution < -0.4 is 10.1 Å². The largest absolute Gasteiger partial charge is 0.489 e. The van der Waals surface area contributed by atoms with Crippen LogP contribution in [0.2, 0.25) is 5.02 Å². The van der Waals surface area contributed by atoms with Gasteiger partial charge in [0.1, 0.15) is 17.7 Å². The van der Waals surface area contributed by atoms with E-state index in [0.29, 0.717) is 22.5 Å². The summed E-state index contributed by atoms with van der Waals surface area (Å²) in [5.74, 6) is 0.210. The molecule has 140 valence electrons. The normalized spacial score (nSPS) is 16.0. The molecule has 0 aliphatic carbocycles. The molecular weight excluding hydrogens is 386 g/mol. The number of ether oxygens (including phenoxy) is 1. The summed E-state index contributed by atoms with van der Waals surface area (Å²) in [6.45, 7) is 3.17. The number of nitrogens with zero attached hydrogens (tertiary/aromatic N) is 2. The van der Waals surface area contributed by atoms with Gasteiger partial charge in [0, 0.05) is 24.4 Å². The van der Waals surface area contributed by atoms with Crippen LogP contribution in [-0.4, -0.2) is 22.0 Å². The Labute approximate surface area is 166 Å². The van der Waals surface area contributed by atoms with Gasteiger partial charge in [0.25, 0.3) is 0 Å². The number of nitrogens with one attached hydrogen (secondary N) is 1. The summed E-state index contributed by atoms with van der Waals surface area (Å²) in [6, 6.07) is 14.9. The first-order valence-corrected chi connectivity index (χ1v) is 9.48. The zero-order valence-electron chi connectivity index (χ0n) is 14.8. The molecule has 1 heterocycles. The van der Waals surface area contributed by atoms with Crippen molar-refractivity contribution in [2.24, 2.45) is 5.10 Å². The number of amides is 2. The fourth-order valence-electron chi connectivity index (χ4n) is 2.51. The van der Waals surface area contributed by atoms with Crippen LogP contribution >= 0.6 is 23.4 Å². The van der Waals surface area contributed by atoms with Crippen LogP contribution in [0.4, 0.5) is 0 Å². The van der Waals surface area contributed by atoms with Crippen molar-refractivity contribution in [3.05, 3.63) is 64.7 Å². The second kappa shape index (κ2) is 8.45. The number of thioether (sulfide) groups is 1. The first kappa shape index (κ1) is 19.3. The highest BCUT2D eigenvalue weighted by molar-refractivity contribution is 8.14. The number of rotatable bonds is 4. The molecule has 2 aromatic carbocycles. The molecule has 1 atom stereocenters. The Kier molecular flexibility index (Phi) is 6.03. The zero-order valence-corrected chi connectivity index (χ0v) is 16.4. The third-order valence-corrected chi connectivity index (χ3v) is 5.22. The maximum atomic E-state index is 11.9. The van der Waals surface area contributed by atoms with Crippen LogP contribution in [0.25, 0.3) is 0 Å². The van der Waals surface area contributed by atoms with E-state index in [1.165, 1.54) is 30.6 Å². The molecule has 0 saturated carbocycles. The SMILES string of the molecule is CC(=O)NC1=NN(C(C)=O)C(c2cccc(OCc3ccccc3Cl)c2)S1. The van der Waals surface area contributed by atoms with Gasteiger partial charge in [-0.1, -0.05) is 53.7 Å². The van der Waals surface area contributed by atoms with Gasteiger partial charge >= 0.3 is 0 Å². The Morgan fingerprint density at radius 2 is 2.00 bits per heavy atom. The van der Waals surface area contributed by atoms with E-state index in [9.17, 15) is 9.59 Å². The van der Waals surface area contributed by atoms with Crippen molar-refractivity contribution in [3.63, 3.8) is 0 Å². The van der Waals surface area contributed by atoms with Gasteiger partial charge in [0.15, 0.2) is 5.17 Å². The first-order valence-electron chi connectivity index (χ1n) is 8.23. The minimum absolute atomic E-state index is 0.213. The number of hydrazone groups is 1. The third-order valence-electron chi connectivity index (χ3n) is 3.74. The van der Waals surface area contributed by atoms with Gasteiger partial charge in [0.2, 0.25) is 11.8 Å². The van der Waals surface area contributed by atoms with Crippen LogP contribution in [0.5, 0.6) is 5.75 Å². The standard InChI is InChI=1S/C19H18ClN3O3S/c1-12(24)21-19-22-23(13(2)25)18(27-19)14-7-5-8-16(10-14)26-11-15-6-3-4-9-17(15)20/h3-10,18H,11H2,1-2H3,(H,21,22,24). The average Bonchev–Trinajstić information content (AvgIpc) is 3.05.